The van der Waals surface area contributed by atoms with Crippen molar-refractivity contribution in [2.45, 2.75) is 11.1 Å². The number of nitro groups is 1. The molecule has 28 heavy (non-hydrogen) atoms. The highest BCUT2D eigenvalue weighted by Crippen LogP contribution is 2.34. The normalized spacial score (nSPS) is 11.8. The third-order valence-corrected chi connectivity index (χ3v) is 4.88. The van der Waals surface area contributed by atoms with Gasteiger partial charge in [0.15, 0.2) is 9.84 Å². The van der Waals surface area contributed by atoms with E-state index in [-0.39, 0.29) is 15.5 Å². The van der Waals surface area contributed by atoms with E-state index in [9.17, 15) is 36.5 Å². The molecule has 0 aliphatic carbocycles. The monoisotopic (exact) mass is 437 g/mol. The summed E-state index contributed by atoms with van der Waals surface area (Å²) in [6.07, 6.45) is -3.87. The zero-order valence-corrected chi connectivity index (χ0v) is 15.4. The second kappa shape index (κ2) is 7.64. The Labute approximate surface area is 161 Å². The van der Waals surface area contributed by atoms with Crippen LogP contribution in [0.5, 0.6) is 0 Å². The molecule has 0 saturated carbocycles. The lowest BCUT2D eigenvalue weighted by Gasteiger charge is -2.12. The first-order valence-electron chi connectivity index (χ1n) is 7.22. The van der Waals surface area contributed by atoms with Crippen LogP contribution in [0.2, 0.25) is 5.02 Å². The third kappa shape index (κ3) is 4.89. The summed E-state index contributed by atoms with van der Waals surface area (Å²) in [4.78, 5) is 22.0. The largest absolute Gasteiger partial charge is 0.416 e. The Morgan fingerprint density at radius 3 is 2.36 bits per heavy atom. The first-order valence-corrected chi connectivity index (χ1v) is 9.49. The van der Waals surface area contributed by atoms with E-state index in [1.165, 1.54) is 12.1 Å². The van der Waals surface area contributed by atoms with Gasteiger partial charge < -0.3 is 0 Å². The van der Waals surface area contributed by atoms with Crippen LogP contribution in [0.15, 0.2) is 41.3 Å². The van der Waals surface area contributed by atoms with Crippen LogP contribution in [0, 0.1) is 10.1 Å². The van der Waals surface area contributed by atoms with E-state index in [1.54, 1.807) is 0 Å². The van der Waals surface area contributed by atoms with E-state index in [1.807, 2.05) is 5.43 Å². The van der Waals surface area contributed by atoms with Crippen LogP contribution < -0.4 is 10.9 Å². The summed E-state index contributed by atoms with van der Waals surface area (Å²) >= 11 is 5.86. The summed E-state index contributed by atoms with van der Waals surface area (Å²) in [6.45, 7) is 0. The number of halogens is 4. The van der Waals surface area contributed by atoms with E-state index in [2.05, 4.69) is 5.43 Å². The van der Waals surface area contributed by atoms with Gasteiger partial charge in [0, 0.05) is 12.3 Å². The first kappa shape index (κ1) is 21.4. The van der Waals surface area contributed by atoms with Crippen molar-refractivity contribution >= 4 is 38.7 Å². The summed E-state index contributed by atoms with van der Waals surface area (Å²) < 4.78 is 61.2. The van der Waals surface area contributed by atoms with Crippen molar-refractivity contribution in [3.63, 3.8) is 0 Å². The summed E-state index contributed by atoms with van der Waals surface area (Å²) in [7, 11) is -3.63. The number of sulfone groups is 1. The molecule has 0 unspecified atom stereocenters. The Kier molecular flexibility index (Phi) is 5.85. The fraction of sp³-hybridized carbons (Fsp3) is 0.133. The van der Waals surface area contributed by atoms with Gasteiger partial charge in [0.25, 0.3) is 11.6 Å². The third-order valence-electron chi connectivity index (χ3n) is 3.44. The molecule has 0 aliphatic rings. The average molecular weight is 438 g/mol. The number of nitrogens with zero attached hydrogens (tertiary/aromatic N) is 1. The van der Waals surface area contributed by atoms with Crippen molar-refractivity contribution in [3.8, 4) is 0 Å². The minimum atomic E-state index is -4.79. The number of carbonyl (C=O) groups is 1. The van der Waals surface area contributed by atoms with E-state index in [4.69, 9.17) is 11.6 Å². The summed E-state index contributed by atoms with van der Waals surface area (Å²) in [5.74, 6) is -0.954. The molecule has 2 aromatic rings. The van der Waals surface area contributed by atoms with E-state index in [0.29, 0.717) is 12.1 Å². The fourth-order valence-corrected chi connectivity index (χ4v) is 2.92. The van der Waals surface area contributed by atoms with E-state index >= 15 is 0 Å². The Morgan fingerprint density at radius 2 is 1.82 bits per heavy atom. The van der Waals surface area contributed by atoms with Crippen LogP contribution in [0.1, 0.15) is 15.9 Å². The molecule has 0 fully saturated rings. The second-order valence-corrected chi connectivity index (χ2v) is 7.90. The molecule has 0 bridgehead atoms. The highest BCUT2D eigenvalue weighted by atomic mass is 35.5. The van der Waals surface area contributed by atoms with E-state index < -0.39 is 43.8 Å². The van der Waals surface area contributed by atoms with Crippen LogP contribution in [0.25, 0.3) is 0 Å². The molecule has 2 N–H and O–H groups in total. The lowest BCUT2D eigenvalue weighted by atomic mass is 10.1. The molecule has 2 rings (SSSR count). The zero-order valence-electron chi connectivity index (χ0n) is 13.9. The smallest absolute Gasteiger partial charge is 0.292 e. The van der Waals surface area contributed by atoms with Gasteiger partial charge in [-0.15, -0.1) is 0 Å². The number of alkyl halides is 3. The SMILES string of the molecule is CS(=O)(=O)c1ccc(Cl)c(C(=O)NNc2ccc(C(F)(F)F)cc2[N+](=O)[O-])c1. The summed E-state index contributed by atoms with van der Waals surface area (Å²) in [5.41, 5.74) is 1.34. The van der Waals surface area contributed by atoms with Crippen LogP contribution in [0.3, 0.4) is 0 Å². The maximum absolute atomic E-state index is 12.7. The van der Waals surface area contributed by atoms with Gasteiger partial charge in [-0.1, -0.05) is 11.6 Å². The quantitative estimate of drug-likeness (QED) is 0.546. The van der Waals surface area contributed by atoms with Crippen molar-refractivity contribution in [3.05, 3.63) is 62.7 Å². The van der Waals surface area contributed by atoms with Gasteiger partial charge >= 0.3 is 6.18 Å². The molecule has 8 nitrogen and oxygen atoms in total. The molecule has 0 heterocycles. The van der Waals surface area contributed by atoms with Gasteiger partial charge in [0.05, 0.1) is 26.0 Å². The number of carbonyl (C=O) groups excluding carboxylic acids is 1. The van der Waals surface area contributed by atoms with Crippen LogP contribution in [-0.2, 0) is 16.0 Å². The minimum absolute atomic E-state index is 0.103. The lowest BCUT2D eigenvalue weighted by molar-refractivity contribution is -0.384. The molecular formula is C15H11ClF3N3O5S. The van der Waals surface area contributed by atoms with Gasteiger partial charge in [-0.3, -0.25) is 25.8 Å². The van der Waals surface area contributed by atoms with Crippen LogP contribution >= 0.6 is 11.6 Å². The number of rotatable bonds is 5. The van der Waals surface area contributed by atoms with Crippen LogP contribution in [0.4, 0.5) is 24.5 Å². The Balaban J connectivity index is 2.29. The van der Waals surface area contributed by atoms with Gasteiger partial charge in [0.1, 0.15) is 5.69 Å². The van der Waals surface area contributed by atoms with E-state index in [0.717, 1.165) is 18.4 Å². The zero-order chi connectivity index (χ0) is 21.3. The molecule has 1 amide bonds. The Bertz CT molecular complexity index is 1060. The molecule has 150 valence electrons. The van der Waals surface area contributed by atoms with Gasteiger partial charge in [-0.25, -0.2) is 8.42 Å². The number of hydrogen-bond acceptors (Lipinski definition) is 6. The Hall–Kier alpha value is -2.86. The molecule has 2 aromatic carbocycles. The van der Waals surface area contributed by atoms with Gasteiger partial charge in [0.2, 0.25) is 0 Å². The highest BCUT2D eigenvalue weighted by molar-refractivity contribution is 7.90. The predicted molar refractivity (Wildman–Crippen MR) is 93.7 cm³/mol. The Morgan fingerprint density at radius 1 is 1.18 bits per heavy atom. The average Bonchev–Trinajstić information content (AvgIpc) is 2.57. The predicted octanol–water partition coefficient (Wildman–Crippen LogP) is 3.43. The number of benzene rings is 2. The van der Waals surface area contributed by atoms with Crippen molar-refractivity contribution < 1.29 is 31.3 Å². The lowest BCUT2D eigenvalue weighted by Crippen LogP contribution is -2.30. The molecular weight excluding hydrogens is 427 g/mol. The molecule has 0 radical (unpaired) electrons. The highest BCUT2D eigenvalue weighted by Gasteiger charge is 2.33. The van der Waals surface area contributed by atoms with Crippen molar-refractivity contribution in [2.24, 2.45) is 0 Å². The molecule has 0 aromatic heterocycles. The molecule has 0 saturated heterocycles. The first-order chi connectivity index (χ1) is 12.8. The number of amides is 1. The van der Waals surface area contributed by atoms with Crippen molar-refractivity contribution in [1.29, 1.82) is 0 Å². The molecule has 0 atom stereocenters. The number of nitrogens with one attached hydrogen (secondary N) is 2. The summed E-state index contributed by atoms with van der Waals surface area (Å²) in [6, 6.07) is 5.03. The maximum atomic E-state index is 12.7. The molecule has 0 spiro atoms. The number of anilines is 1. The van der Waals surface area contributed by atoms with Gasteiger partial charge in [-0.05, 0) is 30.3 Å². The number of hydrazine groups is 1. The molecule has 13 heteroatoms. The fourth-order valence-electron chi connectivity index (χ4n) is 2.07. The second-order valence-electron chi connectivity index (χ2n) is 5.48. The van der Waals surface area contributed by atoms with Crippen molar-refractivity contribution in [1.82, 2.24) is 5.43 Å². The maximum Gasteiger partial charge on any atom is 0.416 e. The standard InChI is InChI=1S/C15H11ClF3N3O5S/c1-28(26,27)9-3-4-11(16)10(7-9)14(23)21-20-12-5-2-8(15(17,18)19)6-13(12)22(24)25/h2-7,20H,1H3,(H,21,23). The van der Waals surface area contributed by atoms with Crippen molar-refractivity contribution in [2.75, 3.05) is 11.7 Å². The number of nitro benzene ring substituents is 1. The molecule has 0 aliphatic heterocycles. The summed E-state index contributed by atoms with van der Waals surface area (Å²) in [5, 5.41) is 10.9. The number of hydrogen-bond donors (Lipinski definition) is 2. The minimum Gasteiger partial charge on any atom is -0.292 e. The van der Waals surface area contributed by atoms with Gasteiger partial charge in [-0.2, -0.15) is 13.2 Å². The topological polar surface area (TPSA) is 118 Å². The van der Waals surface area contributed by atoms with Crippen LogP contribution in [-0.4, -0.2) is 25.5 Å².